The Hall–Kier alpha value is -0.830. The number of hydrogen-bond donors (Lipinski definition) is 1. The molecular weight excluding hydrogens is 152 g/mol. The molecule has 0 saturated heterocycles. The summed E-state index contributed by atoms with van der Waals surface area (Å²) < 4.78 is 0. The molecule has 71 valence electrons. The molecule has 1 N–H and O–H groups in total. The second kappa shape index (κ2) is 10.2. The first-order valence-corrected chi connectivity index (χ1v) is 3.85. The number of hydrogen-bond acceptors (Lipinski definition) is 2. The molecule has 0 unspecified atom stereocenters. The smallest absolute Gasteiger partial charge is 0.243 e. The maximum Gasteiger partial charge on any atom is 0.243 e. The lowest BCUT2D eigenvalue weighted by Gasteiger charge is -1.94. The first-order chi connectivity index (χ1) is 5.54. The first kappa shape index (κ1) is 13.7. The van der Waals surface area contributed by atoms with Crippen LogP contribution in [0.2, 0.25) is 0 Å². The zero-order valence-corrected chi connectivity index (χ0v) is 8.26. The van der Waals surface area contributed by atoms with Gasteiger partial charge in [-0.3, -0.25) is 4.79 Å². The van der Waals surface area contributed by atoms with E-state index in [9.17, 15) is 4.79 Å². The van der Waals surface area contributed by atoms with Gasteiger partial charge in [0.2, 0.25) is 5.91 Å². The van der Waals surface area contributed by atoms with Crippen molar-refractivity contribution >= 4 is 5.91 Å². The lowest BCUT2D eigenvalue weighted by molar-refractivity contribution is -0.116. The second-order valence-corrected chi connectivity index (χ2v) is 2.69. The number of amides is 1. The minimum atomic E-state index is -0.131. The minimum absolute atomic E-state index is 0.131. The van der Waals surface area contributed by atoms with Crippen molar-refractivity contribution in [3.8, 4) is 0 Å². The summed E-state index contributed by atoms with van der Waals surface area (Å²) in [5, 5.41) is 2.56. The molecule has 0 aromatic heterocycles. The number of rotatable bonds is 3. The molecule has 0 atom stereocenters. The zero-order valence-electron chi connectivity index (χ0n) is 8.26. The summed E-state index contributed by atoms with van der Waals surface area (Å²) in [5.74, 6) is -0.131. The van der Waals surface area contributed by atoms with Gasteiger partial charge in [0.25, 0.3) is 0 Å². The fourth-order valence-electron chi connectivity index (χ4n) is 0.284. The van der Waals surface area contributed by atoms with Crippen molar-refractivity contribution in [1.82, 2.24) is 10.2 Å². The van der Waals surface area contributed by atoms with Crippen molar-refractivity contribution in [1.29, 1.82) is 0 Å². The van der Waals surface area contributed by atoms with Gasteiger partial charge >= 0.3 is 0 Å². The Morgan fingerprint density at radius 1 is 1.50 bits per heavy atom. The van der Waals surface area contributed by atoms with Crippen molar-refractivity contribution in [2.24, 2.45) is 0 Å². The van der Waals surface area contributed by atoms with E-state index in [1.54, 1.807) is 0 Å². The van der Waals surface area contributed by atoms with Crippen molar-refractivity contribution < 1.29 is 4.79 Å². The Labute approximate surface area is 75.4 Å². The topological polar surface area (TPSA) is 32.3 Å². The average Bonchev–Trinajstić information content (AvgIpc) is 1.99. The molecule has 0 aromatic rings. The van der Waals surface area contributed by atoms with Gasteiger partial charge in [0, 0.05) is 6.54 Å². The Morgan fingerprint density at radius 3 is 2.17 bits per heavy atom. The summed E-state index contributed by atoms with van der Waals surface area (Å²) in [5.41, 5.74) is 0. The van der Waals surface area contributed by atoms with Crippen LogP contribution in [-0.2, 0) is 4.79 Å². The highest BCUT2D eigenvalue weighted by molar-refractivity contribution is 5.86. The summed E-state index contributed by atoms with van der Waals surface area (Å²) in [6, 6.07) is 0. The monoisotopic (exact) mass is 171 g/mol. The Morgan fingerprint density at radius 2 is 1.92 bits per heavy atom. The van der Waals surface area contributed by atoms with Crippen LogP contribution in [0.15, 0.2) is 12.7 Å². The second-order valence-electron chi connectivity index (χ2n) is 2.69. The third-order valence-electron chi connectivity index (χ3n) is 0.661. The minimum Gasteiger partial charge on any atom is -0.353 e. The fraction of sp³-hybridized carbons (Fsp3) is 0.556. The molecule has 3 heteroatoms. The summed E-state index contributed by atoms with van der Waals surface area (Å²) in [6.45, 7) is 7.45. The van der Waals surface area contributed by atoms with Gasteiger partial charge in [-0.15, -0.1) is 0 Å². The molecular formula is C9H19N2O. The zero-order chi connectivity index (χ0) is 9.98. The molecule has 3 nitrogen and oxygen atoms in total. The molecule has 0 aromatic carbocycles. The summed E-state index contributed by atoms with van der Waals surface area (Å²) in [7, 11) is 6.00. The van der Waals surface area contributed by atoms with Crippen LogP contribution in [0.5, 0.6) is 0 Å². The number of nitrogens with zero attached hydrogens (tertiary/aromatic N) is 1. The van der Waals surface area contributed by atoms with Gasteiger partial charge in [-0.2, -0.15) is 0 Å². The molecule has 1 radical (unpaired) electrons. The third kappa shape index (κ3) is 22.9. The Bertz CT molecular complexity index is 119. The van der Waals surface area contributed by atoms with E-state index in [2.05, 4.69) is 18.8 Å². The van der Waals surface area contributed by atoms with Crippen LogP contribution in [0.4, 0.5) is 0 Å². The molecule has 0 aliphatic carbocycles. The predicted octanol–water partition coefficient (Wildman–Crippen LogP) is 0.691. The highest BCUT2D eigenvalue weighted by Crippen LogP contribution is 1.69. The van der Waals surface area contributed by atoms with Crippen molar-refractivity contribution in [3.05, 3.63) is 19.6 Å². The van der Waals surface area contributed by atoms with Crippen LogP contribution >= 0.6 is 0 Å². The molecule has 0 heterocycles. The van der Waals surface area contributed by atoms with Crippen LogP contribution in [0.3, 0.4) is 0 Å². The van der Waals surface area contributed by atoms with Crippen LogP contribution in [0.25, 0.3) is 0 Å². The fourth-order valence-corrected chi connectivity index (χ4v) is 0.284. The maximum absolute atomic E-state index is 10.3. The molecule has 0 aliphatic rings. The lowest BCUT2D eigenvalue weighted by Crippen LogP contribution is -2.20. The van der Waals surface area contributed by atoms with Crippen LogP contribution in [0, 0.1) is 6.92 Å². The average molecular weight is 171 g/mol. The SMILES string of the molecule is CN(C)C.[CH2]CCNC(=O)C=C. The van der Waals surface area contributed by atoms with Gasteiger partial charge in [-0.25, -0.2) is 0 Å². The van der Waals surface area contributed by atoms with Gasteiger partial charge in [0.1, 0.15) is 0 Å². The van der Waals surface area contributed by atoms with Gasteiger partial charge in [0.05, 0.1) is 0 Å². The largest absolute Gasteiger partial charge is 0.353 e. The van der Waals surface area contributed by atoms with E-state index < -0.39 is 0 Å². The van der Waals surface area contributed by atoms with Crippen molar-refractivity contribution in [2.75, 3.05) is 27.7 Å². The van der Waals surface area contributed by atoms with Gasteiger partial charge in [-0.05, 0) is 33.6 Å². The third-order valence-corrected chi connectivity index (χ3v) is 0.661. The van der Waals surface area contributed by atoms with Gasteiger partial charge in [-0.1, -0.05) is 13.5 Å². The normalized spacial score (nSPS) is 8.42. The molecule has 0 aliphatic heterocycles. The Balaban J connectivity index is 0. The summed E-state index contributed by atoms with van der Waals surface area (Å²) in [4.78, 5) is 12.3. The summed E-state index contributed by atoms with van der Waals surface area (Å²) in [6.07, 6.45) is 1.97. The lowest BCUT2D eigenvalue weighted by atomic mass is 10.4. The highest BCUT2D eigenvalue weighted by Gasteiger charge is 1.86. The van der Waals surface area contributed by atoms with E-state index in [-0.39, 0.29) is 5.91 Å². The molecule has 0 rings (SSSR count). The maximum atomic E-state index is 10.3. The first-order valence-electron chi connectivity index (χ1n) is 3.85. The quantitative estimate of drug-likeness (QED) is 0.634. The van der Waals surface area contributed by atoms with E-state index in [1.807, 2.05) is 26.0 Å². The van der Waals surface area contributed by atoms with Gasteiger partial charge < -0.3 is 10.2 Å². The van der Waals surface area contributed by atoms with E-state index in [0.29, 0.717) is 6.54 Å². The molecule has 0 fully saturated rings. The van der Waals surface area contributed by atoms with E-state index in [0.717, 1.165) is 6.42 Å². The molecule has 0 saturated carbocycles. The van der Waals surface area contributed by atoms with Crippen LogP contribution in [-0.4, -0.2) is 38.5 Å². The van der Waals surface area contributed by atoms with Crippen LogP contribution in [0.1, 0.15) is 6.42 Å². The Kier molecular flexibility index (Phi) is 11.6. The van der Waals surface area contributed by atoms with E-state index in [1.165, 1.54) is 6.08 Å². The van der Waals surface area contributed by atoms with E-state index in [4.69, 9.17) is 0 Å². The number of nitrogens with one attached hydrogen (secondary N) is 1. The molecule has 12 heavy (non-hydrogen) atoms. The molecule has 0 bridgehead atoms. The summed E-state index contributed by atoms with van der Waals surface area (Å²) >= 11 is 0. The molecule has 0 spiro atoms. The van der Waals surface area contributed by atoms with Crippen LogP contribution < -0.4 is 5.32 Å². The van der Waals surface area contributed by atoms with Gasteiger partial charge in [0.15, 0.2) is 0 Å². The predicted molar refractivity (Wildman–Crippen MR) is 52.8 cm³/mol. The standard InChI is InChI=1S/C6H10NO.C3H9N/c1-3-5-7-6(8)4-2;1-4(2)3/h4H,1-3,5H2,(H,7,8);1-3H3. The van der Waals surface area contributed by atoms with E-state index >= 15 is 0 Å². The molecule has 1 amide bonds. The number of carbonyl (C=O) groups is 1. The number of carbonyl (C=O) groups excluding carboxylic acids is 1. The highest BCUT2D eigenvalue weighted by atomic mass is 16.1. The van der Waals surface area contributed by atoms with Crippen molar-refractivity contribution in [2.45, 2.75) is 6.42 Å². The van der Waals surface area contributed by atoms with Crippen molar-refractivity contribution in [3.63, 3.8) is 0 Å².